The van der Waals surface area contributed by atoms with Crippen LogP contribution in [0.4, 0.5) is 11.5 Å². The first-order valence-electron chi connectivity index (χ1n) is 9.56. The zero-order valence-electron chi connectivity index (χ0n) is 16.5. The minimum Gasteiger partial charge on any atom is -0.340 e. The van der Waals surface area contributed by atoms with E-state index in [0.29, 0.717) is 13.1 Å². The Bertz CT molecular complexity index is 1100. The van der Waals surface area contributed by atoms with E-state index in [9.17, 15) is 8.42 Å². The van der Waals surface area contributed by atoms with E-state index in [1.54, 1.807) is 24.0 Å². The van der Waals surface area contributed by atoms with Crippen LogP contribution < -0.4 is 5.32 Å². The first-order chi connectivity index (χ1) is 13.9. The third-order valence-electron chi connectivity index (χ3n) is 5.00. The summed E-state index contributed by atoms with van der Waals surface area (Å²) in [6.45, 7) is 2.84. The SMILES string of the molecule is Cc1cc(Nc2ccccn2)cc([C@@H]2CCCN(S(=O)(=O)c3cn(C)cn3)C2)n1. The van der Waals surface area contributed by atoms with Gasteiger partial charge in [-0.05, 0) is 44.0 Å². The fraction of sp³-hybridized carbons (Fsp3) is 0.350. The fourth-order valence-electron chi connectivity index (χ4n) is 3.62. The van der Waals surface area contributed by atoms with Gasteiger partial charge >= 0.3 is 0 Å². The molecule has 0 aromatic carbocycles. The first-order valence-corrected chi connectivity index (χ1v) is 11.0. The molecule has 0 aliphatic carbocycles. The molecule has 152 valence electrons. The lowest BCUT2D eigenvalue weighted by Crippen LogP contribution is -2.39. The van der Waals surface area contributed by atoms with E-state index in [4.69, 9.17) is 4.98 Å². The number of hydrogen-bond donors (Lipinski definition) is 1. The zero-order valence-corrected chi connectivity index (χ0v) is 17.3. The van der Waals surface area contributed by atoms with E-state index in [-0.39, 0.29) is 10.9 Å². The molecule has 3 aromatic heterocycles. The van der Waals surface area contributed by atoms with Gasteiger partial charge < -0.3 is 9.88 Å². The number of rotatable bonds is 5. The van der Waals surface area contributed by atoms with Crippen LogP contribution in [0.15, 0.2) is 54.1 Å². The van der Waals surface area contributed by atoms with Crippen molar-refractivity contribution < 1.29 is 8.42 Å². The molecule has 29 heavy (non-hydrogen) atoms. The molecule has 0 saturated carbocycles. The van der Waals surface area contributed by atoms with Crippen molar-refractivity contribution in [2.45, 2.75) is 30.7 Å². The molecular formula is C20H24N6O2S. The molecule has 1 fully saturated rings. The Morgan fingerprint density at radius 2 is 2.07 bits per heavy atom. The lowest BCUT2D eigenvalue weighted by atomic mass is 9.95. The Morgan fingerprint density at radius 3 is 2.79 bits per heavy atom. The molecule has 1 aliphatic heterocycles. The number of hydrogen-bond acceptors (Lipinski definition) is 6. The van der Waals surface area contributed by atoms with Crippen molar-refractivity contribution in [3.05, 3.63) is 60.4 Å². The summed E-state index contributed by atoms with van der Waals surface area (Å²) in [5.41, 5.74) is 2.67. The molecule has 1 saturated heterocycles. The molecule has 8 nitrogen and oxygen atoms in total. The predicted octanol–water partition coefficient (Wildman–Crippen LogP) is 2.83. The minimum absolute atomic E-state index is 0.0337. The molecule has 4 heterocycles. The number of nitrogens with one attached hydrogen (secondary N) is 1. The molecule has 0 amide bonds. The Hall–Kier alpha value is -2.78. The van der Waals surface area contributed by atoms with E-state index in [1.807, 2.05) is 37.3 Å². The van der Waals surface area contributed by atoms with Crippen molar-refractivity contribution in [3.8, 4) is 0 Å². The summed E-state index contributed by atoms with van der Waals surface area (Å²) in [7, 11) is -1.84. The van der Waals surface area contributed by atoms with Gasteiger partial charge in [-0.15, -0.1) is 0 Å². The first kappa shape index (κ1) is 19.5. The van der Waals surface area contributed by atoms with E-state index in [1.165, 1.54) is 10.6 Å². The second-order valence-corrected chi connectivity index (χ2v) is 9.23. The topological polar surface area (TPSA) is 93.0 Å². The van der Waals surface area contributed by atoms with Gasteiger partial charge in [0, 0.05) is 55.5 Å². The van der Waals surface area contributed by atoms with Crippen molar-refractivity contribution in [1.29, 1.82) is 0 Å². The van der Waals surface area contributed by atoms with Gasteiger partial charge in [0.2, 0.25) is 0 Å². The van der Waals surface area contributed by atoms with Crippen molar-refractivity contribution >= 4 is 21.5 Å². The highest BCUT2D eigenvalue weighted by atomic mass is 32.2. The van der Waals surface area contributed by atoms with Crippen molar-refractivity contribution in [1.82, 2.24) is 23.8 Å². The summed E-state index contributed by atoms with van der Waals surface area (Å²) in [5, 5.41) is 3.39. The number of aromatic nitrogens is 4. The van der Waals surface area contributed by atoms with Crippen LogP contribution in [-0.2, 0) is 17.1 Å². The third-order valence-corrected chi connectivity index (χ3v) is 6.75. The van der Waals surface area contributed by atoms with Crippen LogP contribution in [0, 0.1) is 6.92 Å². The maximum Gasteiger partial charge on any atom is 0.262 e. The van der Waals surface area contributed by atoms with E-state index >= 15 is 0 Å². The molecule has 0 spiro atoms. The average Bonchev–Trinajstić information content (AvgIpc) is 3.16. The molecule has 1 atom stereocenters. The Morgan fingerprint density at radius 1 is 1.21 bits per heavy atom. The number of aryl methyl sites for hydroxylation is 2. The van der Waals surface area contributed by atoms with Gasteiger partial charge in [0.25, 0.3) is 10.0 Å². The monoisotopic (exact) mass is 412 g/mol. The Labute approximate surface area is 170 Å². The maximum atomic E-state index is 13.0. The summed E-state index contributed by atoms with van der Waals surface area (Å²) < 4.78 is 29.1. The Kier molecular flexibility index (Phi) is 5.33. The number of imidazole rings is 1. The highest BCUT2D eigenvalue weighted by Gasteiger charge is 2.33. The molecule has 1 aliphatic rings. The van der Waals surface area contributed by atoms with Crippen molar-refractivity contribution in [2.24, 2.45) is 7.05 Å². The lowest BCUT2D eigenvalue weighted by molar-refractivity contribution is 0.312. The van der Waals surface area contributed by atoms with Crippen LogP contribution in [0.3, 0.4) is 0 Å². The summed E-state index contributed by atoms with van der Waals surface area (Å²) in [4.78, 5) is 13.0. The summed E-state index contributed by atoms with van der Waals surface area (Å²) in [6, 6.07) is 9.64. The van der Waals surface area contributed by atoms with Gasteiger partial charge in [-0.2, -0.15) is 4.31 Å². The summed E-state index contributed by atoms with van der Waals surface area (Å²) >= 11 is 0. The smallest absolute Gasteiger partial charge is 0.262 e. The average molecular weight is 413 g/mol. The van der Waals surface area contributed by atoms with Gasteiger partial charge in [0.15, 0.2) is 5.03 Å². The second kappa shape index (κ2) is 7.92. The molecule has 4 rings (SSSR count). The zero-order chi connectivity index (χ0) is 20.4. The predicted molar refractivity (Wildman–Crippen MR) is 110 cm³/mol. The Balaban J connectivity index is 1.57. The van der Waals surface area contributed by atoms with E-state index in [2.05, 4.69) is 15.3 Å². The van der Waals surface area contributed by atoms with Crippen molar-refractivity contribution in [3.63, 3.8) is 0 Å². The largest absolute Gasteiger partial charge is 0.340 e. The van der Waals surface area contributed by atoms with Crippen LogP contribution in [0.5, 0.6) is 0 Å². The quantitative estimate of drug-likeness (QED) is 0.693. The van der Waals surface area contributed by atoms with Crippen LogP contribution >= 0.6 is 0 Å². The van der Waals surface area contributed by atoms with Gasteiger partial charge in [0.05, 0.1) is 6.33 Å². The van der Waals surface area contributed by atoms with Crippen LogP contribution in [0.1, 0.15) is 30.1 Å². The van der Waals surface area contributed by atoms with Crippen molar-refractivity contribution in [2.75, 3.05) is 18.4 Å². The number of sulfonamides is 1. The molecule has 9 heteroatoms. The number of anilines is 2. The molecular weight excluding hydrogens is 388 g/mol. The van der Waals surface area contributed by atoms with E-state index < -0.39 is 10.0 Å². The standard InChI is InChI=1S/C20H24N6O2S/c1-15-10-17(24-19-7-3-4-8-21-19)11-18(23-15)16-6-5-9-26(12-16)29(27,28)20-13-25(2)14-22-20/h3-4,7-8,10-11,13-14,16H,5-6,9,12H2,1-2H3,(H,21,23,24)/t16-/m1/s1. The van der Waals surface area contributed by atoms with Gasteiger partial charge in [-0.25, -0.2) is 18.4 Å². The normalized spacial score (nSPS) is 17.9. The van der Waals surface area contributed by atoms with Crippen LogP contribution in [0.25, 0.3) is 0 Å². The van der Waals surface area contributed by atoms with E-state index in [0.717, 1.165) is 35.7 Å². The minimum atomic E-state index is -3.60. The summed E-state index contributed by atoms with van der Waals surface area (Å²) in [6.07, 6.45) is 6.46. The number of pyridine rings is 2. The number of nitrogens with zero attached hydrogens (tertiary/aromatic N) is 5. The fourth-order valence-corrected chi connectivity index (χ4v) is 5.11. The lowest BCUT2D eigenvalue weighted by Gasteiger charge is -2.31. The molecule has 0 bridgehead atoms. The highest BCUT2D eigenvalue weighted by Crippen LogP contribution is 2.31. The van der Waals surface area contributed by atoms with Crippen LogP contribution in [-0.4, -0.2) is 45.3 Å². The summed E-state index contributed by atoms with van der Waals surface area (Å²) in [5.74, 6) is 0.790. The van der Waals surface area contributed by atoms with Crippen LogP contribution in [0.2, 0.25) is 0 Å². The molecule has 1 N–H and O–H groups in total. The van der Waals surface area contributed by atoms with Gasteiger partial charge in [0.1, 0.15) is 5.82 Å². The second-order valence-electron chi connectivity index (χ2n) is 7.34. The number of piperidine rings is 1. The molecule has 0 radical (unpaired) electrons. The third kappa shape index (κ3) is 4.30. The highest BCUT2D eigenvalue weighted by molar-refractivity contribution is 7.89. The van der Waals surface area contributed by atoms with Gasteiger partial charge in [-0.3, -0.25) is 4.98 Å². The maximum absolute atomic E-state index is 13.0. The van der Waals surface area contributed by atoms with Gasteiger partial charge in [-0.1, -0.05) is 6.07 Å². The molecule has 3 aromatic rings. The molecule has 0 unspecified atom stereocenters.